The Morgan fingerprint density at radius 2 is 2.20 bits per heavy atom. The topological polar surface area (TPSA) is 89.1 Å². The van der Waals surface area contributed by atoms with E-state index in [9.17, 15) is 4.79 Å². The Hall–Kier alpha value is -1.47. The lowest BCUT2D eigenvalue weighted by Gasteiger charge is -2.37. The van der Waals surface area contributed by atoms with E-state index in [0.717, 1.165) is 25.0 Å². The Balaban J connectivity index is 1.56. The maximum atomic E-state index is 11.3. The van der Waals surface area contributed by atoms with E-state index in [2.05, 4.69) is 20.6 Å². The first kappa shape index (κ1) is 13.5. The van der Waals surface area contributed by atoms with Crippen LogP contribution >= 0.6 is 0 Å². The number of fused-ring (bicyclic) bond motifs is 1. The molecule has 1 aromatic rings. The molecular formula is C13H22N6O. The number of likely N-dealkylation sites (tertiary alicyclic amines) is 1. The predicted molar refractivity (Wildman–Crippen MR) is 73.6 cm³/mol. The maximum absolute atomic E-state index is 11.3. The van der Waals surface area contributed by atoms with Crippen LogP contribution in [-0.4, -0.2) is 44.9 Å². The lowest BCUT2D eigenvalue weighted by atomic mass is 9.92. The maximum Gasteiger partial charge on any atom is 0.287 e. The fourth-order valence-electron chi connectivity index (χ4n) is 3.65. The van der Waals surface area contributed by atoms with Gasteiger partial charge in [-0.15, -0.1) is 5.10 Å². The molecule has 1 aromatic heterocycles. The van der Waals surface area contributed by atoms with Crippen molar-refractivity contribution in [1.29, 1.82) is 0 Å². The molecule has 1 saturated carbocycles. The van der Waals surface area contributed by atoms with Crippen LogP contribution in [0.1, 0.15) is 42.6 Å². The van der Waals surface area contributed by atoms with Gasteiger partial charge in [0.1, 0.15) is 0 Å². The molecular weight excluding hydrogens is 256 g/mol. The zero-order valence-corrected chi connectivity index (χ0v) is 11.7. The summed E-state index contributed by atoms with van der Waals surface area (Å²) in [6, 6.07) is 0.763. The largest absolute Gasteiger partial charge is 0.298 e. The molecule has 2 heterocycles. The van der Waals surface area contributed by atoms with E-state index in [1.807, 2.05) is 0 Å². The van der Waals surface area contributed by atoms with Gasteiger partial charge in [-0.1, -0.05) is 11.6 Å². The summed E-state index contributed by atoms with van der Waals surface area (Å²) in [5.74, 6) is 5.58. The molecule has 0 bridgehead atoms. The minimum atomic E-state index is -0.398. The highest BCUT2D eigenvalue weighted by atomic mass is 16.2. The smallest absolute Gasteiger partial charge is 0.287 e. The summed E-state index contributed by atoms with van der Waals surface area (Å²) in [6.45, 7) is 2.94. The molecule has 7 nitrogen and oxygen atoms in total. The van der Waals surface area contributed by atoms with Crippen LogP contribution in [-0.2, 0) is 6.54 Å². The average molecular weight is 278 g/mol. The van der Waals surface area contributed by atoms with Gasteiger partial charge < -0.3 is 0 Å². The van der Waals surface area contributed by atoms with E-state index >= 15 is 0 Å². The molecule has 2 unspecified atom stereocenters. The summed E-state index contributed by atoms with van der Waals surface area (Å²) < 4.78 is 1.73. The van der Waals surface area contributed by atoms with Gasteiger partial charge in [0, 0.05) is 12.6 Å². The number of carbonyl (C=O) groups is 1. The van der Waals surface area contributed by atoms with Gasteiger partial charge in [-0.2, -0.15) is 0 Å². The molecule has 1 saturated heterocycles. The Morgan fingerprint density at radius 3 is 3.05 bits per heavy atom. The molecule has 1 aliphatic heterocycles. The zero-order chi connectivity index (χ0) is 13.9. The van der Waals surface area contributed by atoms with E-state index in [1.165, 1.54) is 38.6 Å². The molecule has 3 N–H and O–H groups in total. The number of hydrogen-bond acceptors (Lipinski definition) is 5. The number of piperidine rings is 1. The molecule has 2 aliphatic rings. The average Bonchev–Trinajstić information content (AvgIpc) is 3.13. The van der Waals surface area contributed by atoms with Gasteiger partial charge >= 0.3 is 0 Å². The van der Waals surface area contributed by atoms with Gasteiger partial charge in [0.2, 0.25) is 0 Å². The first-order chi connectivity index (χ1) is 9.78. The highest BCUT2D eigenvalue weighted by Crippen LogP contribution is 2.36. The van der Waals surface area contributed by atoms with Crippen molar-refractivity contribution in [2.24, 2.45) is 11.8 Å². The second-order valence-corrected chi connectivity index (χ2v) is 5.78. The van der Waals surface area contributed by atoms with Crippen LogP contribution < -0.4 is 11.3 Å². The molecule has 1 amide bonds. The van der Waals surface area contributed by atoms with E-state index in [-0.39, 0.29) is 5.69 Å². The molecule has 0 radical (unpaired) electrons. The summed E-state index contributed by atoms with van der Waals surface area (Å²) in [7, 11) is 0. The van der Waals surface area contributed by atoms with Gasteiger partial charge in [0.05, 0.1) is 12.7 Å². The van der Waals surface area contributed by atoms with Crippen LogP contribution in [0.4, 0.5) is 0 Å². The third-order valence-corrected chi connectivity index (χ3v) is 4.63. The first-order valence-corrected chi connectivity index (χ1v) is 7.43. The second kappa shape index (κ2) is 5.88. The Kier molecular flexibility index (Phi) is 3.98. The van der Waals surface area contributed by atoms with Gasteiger partial charge in [0.15, 0.2) is 5.69 Å². The van der Waals surface area contributed by atoms with Crippen molar-refractivity contribution in [1.82, 2.24) is 25.3 Å². The highest BCUT2D eigenvalue weighted by Gasteiger charge is 2.34. The van der Waals surface area contributed by atoms with Crippen LogP contribution in [0.15, 0.2) is 6.20 Å². The van der Waals surface area contributed by atoms with Crippen LogP contribution in [0.5, 0.6) is 0 Å². The predicted octanol–water partition coefficient (Wildman–Crippen LogP) is 0.146. The summed E-state index contributed by atoms with van der Waals surface area (Å²) in [6.07, 6.45) is 8.45. The summed E-state index contributed by atoms with van der Waals surface area (Å²) in [4.78, 5) is 13.9. The number of carbonyl (C=O) groups excluding carboxylic acids is 1. The van der Waals surface area contributed by atoms with Crippen LogP contribution in [0, 0.1) is 5.92 Å². The number of hydrazine groups is 1. The number of rotatable bonds is 4. The van der Waals surface area contributed by atoms with E-state index < -0.39 is 5.91 Å². The van der Waals surface area contributed by atoms with Crippen molar-refractivity contribution in [3.05, 3.63) is 11.9 Å². The Morgan fingerprint density at radius 1 is 1.35 bits per heavy atom. The fraction of sp³-hybridized carbons (Fsp3) is 0.769. The number of nitrogens with two attached hydrogens (primary N) is 1. The summed E-state index contributed by atoms with van der Waals surface area (Å²) in [5, 5.41) is 7.80. The zero-order valence-electron chi connectivity index (χ0n) is 11.7. The van der Waals surface area contributed by atoms with Crippen LogP contribution in [0.25, 0.3) is 0 Å². The molecule has 7 heteroatoms. The number of amides is 1. The minimum absolute atomic E-state index is 0.268. The van der Waals surface area contributed by atoms with E-state index in [4.69, 9.17) is 5.84 Å². The molecule has 2 fully saturated rings. The number of nitrogens with zero attached hydrogens (tertiary/aromatic N) is 4. The van der Waals surface area contributed by atoms with Crippen molar-refractivity contribution in [3.8, 4) is 0 Å². The summed E-state index contributed by atoms with van der Waals surface area (Å²) >= 11 is 0. The number of nitrogen functional groups attached to an aromatic ring is 1. The number of hydrogen-bond donors (Lipinski definition) is 2. The van der Waals surface area contributed by atoms with Gasteiger partial charge in [-0.25, -0.2) is 5.84 Å². The number of nitrogens with one attached hydrogen (secondary N) is 1. The third kappa shape index (κ3) is 2.69. The van der Waals surface area contributed by atoms with E-state index in [0.29, 0.717) is 0 Å². The van der Waals surface area contributed by atoms with Crippen molar-refractivity contribution >= 4 is 5.91 Å². The van der Waals surface area contributed by atoms with Gasteiger partial charge in [0.25, 0.3) is 5.91 Å². The first-order valence-electron chi connectivity index (χ1n) is 7.43. The minimum Gasteiger partial charge on any atom is -0.298 e. The normalized spacial score (nSPS) is 26.4. The molecule has 3 rings (SSSR count). The standard InChI is InChI=1S/C13H22N6O/c14-15-13(20)11-9-19(17-16-11)8-7-18-6-2-4-10-3-1-5-12(10)18/h9-10,12H,1-8,14H2,(H,15,20). The Bertz CT molecular complexity index is 473. The highest BCUT2D eigenvalue weighted by molar-refractivity contribution is 5.91. The van der Waals surface area contributed by atoms with Crippen LogP contribution in [0.3, 0.4) is 0 Å². The molecule has 2 atom stereocenters. The monoisotopic (exact) mass is 278 g/mol. The lowest BCUT2D eigenvalue weighted by molar-refractivity contribution is 0.0948. The quantitative estimate of drug-likeness (QED) is 0.465. The summed E-state index contributed by atoms with van der Waals surface area (Å²) in [5.41, 5.74) is 2.33. The Labute approximate surface area is 118 Å². The van der Waals surface area contributed by atoms with Gasteiger partial charge in [-0.05, 0) is 38.1 Å². The molecule has 1 aliphatic carbocycles. The van der Waals surface area contributed by atoms with Gasteiger partial charge in [-0.3, -0.25) is 19.8 Å². The SMILES string of the molecule is NNC(=O)c1cn(CCN2CCCC3CCCC32)nn1. The van der Waals surface area contributed by atoms with E-state index in [1.54, 1.807) is 10.9 Å². The van der Waals surface area contributed by atoms with Crippen molar-refractivity contribution in [2.45, 2.75) is 44.7 Å². The fourth-order valence-corrected chi connectivity index (χ4v) is 3.65. The lowest BCUT2D eigenvalue weighted by Crippen LogP contribution is -2.43. The molecule has 110 valence electrons. The van der Waals surface area contributed by atoms with Crippen molar-refractivity contribution in [3.63, 3.8) is 0 Å². The molecule has 0 spiro atoms. The van der Waals surface area contributed by atoms with Crippen molar-refractivity contribution in [2.75, 3.05) is 13.1 Å². The second-order valence-electron chi connectivity index (χ2n) is 5.78. The van der Waals surface area contributed by atoms with Crippen molar-refractivity contribution < 1.29 is 4.79 Å². The van der Waals surface area contributed by atoms with Crippen LogP contribution in [0.2, 0.25) is 0 Å². The molecule has 20 heavy (non-hydrogen) atoms. The molecule has 0 aromatic carbocycles. The number of aromatic nitrogens is 3. The third-order valence-electron chi connectivity index (χ3n) is 4.63.